The topological polar surface area (TPSA) is 60.5 Å². The van der Waals surface area contributed by atoms with Gasteiger partial charge in [-0.25, -0.2) is 4.98 Å². The summed E-state index contributed by atoms with van der Waals surface area (Å²) >= 11 is 6.27. The summed E-state index contributed by atoms with van der Waals surface area (Å²) in [5.41, 5.74) is 1.70. The third-order valence-corrected chi connectivity index (χ3v) is 4.87. The van der Waals surface area contributed by atoms with E-state index in [1.807, 2.05) is 25.1 Å². The molecule has 1 atom stereocenters. The molecule has 2 aromatic rings. The smallest absolute Gasteiger partial charge is 0.253 e. The molecular formula is C21H25ClN2O3. The fraction of sp³-hybridized carbons (Fsp3) is 0.429. The van der Waals surface area contributed by atoms with Crippen LogP contribution in [0.5, 0.6) is 5.88 Å². The molecule has 2 heterocycles. The van der Waals surface area contributed by atoms with E-state index in [-0.39, 0.29) is 18.1 Å². The maximum Gasteiger partial charge on any atom is 0.253 e. The second kappa shape index (κ2) is 9.72. The molecule has 5 nitrogen and oxygen atoms in total. The lowest BCUT2D eigenvalue weighted by Crippen LogP contribution is -2.33. The zero-order chi connectivity index (χ0) is 19.1. The van der Waals surface area contributed by atoms with Crippen molar-refractivity contribution in [3.05, 3.63) is 58.7 Å². The highest BCUT2D eigenvalue weighted by atomic mass is 35.5. The fourth-order valence-corrected chi connectivity index (χ4v) is 3.21. The molecule has 1 amide bonds. The number of amides is 1. The van der Waals surface area contributed by atoms with Crippen molar-refractivity contribution >= 4 is 17.5 Å². The maximum absolute atomic E-state index is 12.5. The van der Waals surface area contributed by atoms with Crippen LogP contribution in [0.4, 0.5) is 0 Å². The number of ether oxygens (including phenoxy) is 2. The molecule has 0 radical (unpaired) electrons. The van der Waals surface area contributed by atoms with Gasteiger partial charge in [-0.05, 0) is 31.4 Å². The van der Waals surface area contributed by atoms with E-state index in [1.54, 1.807) is 6.07 Å². The van der Waals surface area contributed by atoms with Crippen molar-refractivity contribution < 1.29 is 14.3 Å². The third-order valence-electron chi connectivity index (χ3n) is 4.60. The SMILES string of the molecule is CC(CCc1ccccc1)NC(=O)c1cnc(OC2CCOCC2)c(Cl)c1. The first kappa shape index (κ1) is 19.6. The summed E-state index contributed by atoms with van der Waals surface area (Å²) in [5, 5.41) is 3.35. The molecule has 1 unspecified atom stereocenters. The van der Waals surface area contributed by atoms with Crippen LogP contribution in [0.3, 0.4) is 0 Å². The Balaban J connectivity index is 1.52. The molecule has 1 N–H and O–H groups in total. The number of pyridine rings is 1. The van der Waals surface area contributed by atoms with Gasteiger partial charge in [0.15, 0.2) is 0 Å². The fourth-order valence-electron chi connectivity index (χ4n) is 3.00. The van der Waals surface area contributed by atoms with Crippen molar-refractivity contribution in [3.63, 3.8) is 0 Å². The van der Waals surface area contributed by atoms with Crippen LogP contribution >= 0.6 is 11.6 Å². The Bertz CT molecular complexity index is 748. The highest BCUT2D eigenvalue weighted by Crippen LogP contribution is 2.25. The average Bonchev–Trinajstić information content (AvgIpc) is 2.69. The van der Waals surface area contributed by atoms with Gasteiger partial charge in [0.25, 0.3) is 5.91 Å². The summed E-state index contributed by atoms with van der Waals surface area (Å²) in [7, 11) is 0. The molecule has 1 fully saturated rings. The molecule has 1 aromatic carbocycles. The molecule has 27 heavy (non-hydrogen) atoms. The van der Waals surface area contributed by atoms with E-state index in [2.05, 4.69) is 22.4 Å². The minimum Gasteiger partial charge on any atom is -0.473 e. The summed E-state index contributed by atoms with van der Waals surface area (Å²) in [5.74, 6) is 0.194. The van der Waals surface area contributed by atoms with Gasteiger partial charge in [-0.3, -0.25) is 4.79 Å². The monoisotopic (exact) mass is 388 g/mol. The Morgan fingerprint density at radius 3 is 2.78 bits per heavy atom. The molecule has 1 aliphatic heterocycles. The van der Waals surface area contributed by atoms with Crippen LogP contribution in [0.1, 0.15) is 42.1 Å². The molecule has 1 saturated heterocycles. The van der Waals surface area contributed by atoms with Crippen LogP contribution in [0.15, 0.2) is 42.6 Å². The van der Waals surface area contributed by atoms with E-state index in [0.29, 0.717) is 29.7 Å². The maximum atomic E-state index is 12.5. The Hall–Kier alpha value is -2.11. The number of hydrogen-bond acceptors (Lipinski definition) is 4. The van der Waals surface area contributed by atoms with E-state index in [0.717, 1.165) is 25.7 Å². The number of nitrogens with one attached hydrogen (secondary N) is 1. The van der Waals surface area contributed by atoms with Gasteiger partial charge in [-0.15, -0.1) is 0 Å². The second-order valence-electron chi connectivity index (χ2n) is 6.84. The lowest BCUT2D eigenvalue weighted by molar-refractivity contribution is 0.0238. The molecule has 144 valence electrons. The summed E-state index contributed by atoms with van der Waals surface area (Å²) in [6, 6.07) is 11.9. The summed E-state index contributed by atoms with van der Waals surface area (Å²) < 4.78 is 11.2. The zero-order valence-electron chi connectivity index (χ0n) is 15.5. The highest BCUT2D eigenvalue weighted by molar-refractivity contribution is 6.32. The molecule has 1 aliphatic rings. The van der Waals surface area contributed by atoms with Gasteiger partial charge >= 0.3 is 0 Å². The van der Waals surface area contributed by atoms with Crippen LogP contribution in [-0.2, 0) is 11.2 Å². The van der Waals surface area contributed by atoms with Crippen molar-refractivity contribution in [3.8, 4) is 5.88 Å². The first-order valence-electron chi connectivity index (χ1n) is 9.36. The number of rotatable bonds is 7. The van der Waals surface area contributed by atoms with Gasteiger partial charge < -0.3 is 14.8 Å². The van der Waals surface area contributed by atoms with Crippen LogP contribution in [0.25, 0.3) is 0 Å². The molecule has 0 saturated carbocycles. The minimum atomic E-state index is -0.178. The van der Waals surface area contributed by atoms with Crippen LogP contribution in [0.2, 0.25) is 5.02 Å². The lowest BCUT2D eigenvalue weighted by Gasteiger charge is -2.23. The normalized spacial score (nSPS) is 15.9. The van der Waals surface area contributed by atoms with Crippen molar-refractivity contribution in [1.29, 1.82) is 0 Å². The van der Waals surface area contributed by atoms with E-state index < -0.39 is 0 Å². The van der Waals surface area contributed by atoms with Gasteiger partial charge in [0.1, 0.15) is 11.1 Å². The summed E-state index contributed by atoms with van der Waals surface area (Å²) in [6.45, 7) is 3.37. The standard InChI is InChI=1S/C21H25ClN2O3/c1-15(7-8-16-5-3-2-4-6-16)24-20(25)17-13-19(22)21(23-14-17)27-18-9-11-26-12-10-18/h2-6,13-15,18H,7-12H2,1H3,(H,24,25). The Labute approximate surface area is 165 Å². The zero-order valence-corrected chi connectivity index (χ0v) is 16.2. The molecular weight excluding hydrogens is 364 g/mol. The third kappa shape index (κ3) is 5.94. The van der Waals surface area contributed by atoms with Gasteiger partial charge in [0.05, 0.1) is 18.8 Å². The van der Waals surface area contributed by atoms with Gasteiger partial charge in [-0.2, -0.15) is 0 Å². The quantitative estimate of drug-likeness (QED) is 0.777. The number of aromatic nitrogens is 1. The number of nitrogens with zero attached hydrogens (tertiary/aromatic N) is 1. The van der Waals surface area contributed by atoms with E-state index in [1.165, 1.54) is 11.8 Å². The van der Waals surface area contributed by atoms with E-state index in [9.17, 15) is 4.79 Å². The second-order valence-corrected chi connectivity index (χ2v) is 7.25. The number of carbonyl (C=O) groups is 1. The average molecular weight is 389 g/mol. The number of carbonyl (C=O) groups excluding carboxylic acids is 1. The largest absolute Gasteiger partial charge is 0.473 e. The predicted octanol–water partition coefficient (Wildman–Crippen LogP) is 4.04. The van der Waals surface area contributed by atoms with Gasteiger partial charge in [-0.1, -0.05) is 41.9 Å². The first-order chi connectivity index (χ1) is 13.1. The molecule has 1 aromatic heterocycles. The molecule has 6 heteroatoms. The van der Waals surface area contributed by atoms with Crippen LogP contribution in [0, 0.1) is 0 Å². The van der Waals surface area contributed by atoms with E-state index >= 15 is 0 Å². The first-order valence-corrected chi connectivity index (χ1v) is 9.74. The Morgan fingerprint density at radius 1 is 1.33 bits per heavy atom. The van der Waals surface area contributed by atoms with Crippen molar-refractivity contribution in [1.82, 2.24) is 10.3 Å². The number of hydrogen-bond donors (Lipinski definition) is 1. The summed E-state index contributed by atoms with van der Waals surface area (Å²) in [4.78, 5) is 16.7. The Morgan fingerprint density at radius 2 is 2.07 bits per heavy atom. The number of benzene rings is 1. The van der Waals surface area contributed by atoms with Crippen LogP contribution < -0.4 is 10.1 Å². The van der Waals surface area contributed by atoms with Crippen molar-refractivity contribution in [2.75, 3.05) is 13.2 Å². The molecule has 3 rings (SSSR count). The molecule has 0 spiro atoms. The molecule has 0 aliphatic carbocycles. The van der Waals surface area contributed by atoms with Crippen molar-refractivity contribution in [2.24, 2.45) is 0 Å². The lowest BCUT2D eigenvalue weighted by atomic mass is 10.1. The van der Waals surface area contributed by atoms with Crippen molar-refractivity contribution in [2.45, 2.75) is 44.8 Å². The number of aryl methyl sites for hydroxylation is 1. The highest BCUT2D eigenvalue weighted by Gasteiger charge is 2.19. The minimum absolute atomic E-state index is 0.0506. The Kier molecular flexibility index (Phi) is 7.07. The van der Waals surface area contributed by atoms with Crippen LogP contribution in [-0.4, -0.2) is 36.3 Å². The summed E-state index contributed by atoms with van der Waals surface area (Å²) in [6.07, 6.45) is 4.99. The van der Waals surface area contributed by atoms with E-state index in [4.69, 9.17) is 21.1 Å². The predicted molar refractivity (Wildman–Crippen MR) is 105 cm³/mol. The van der Waals surface area contributed by atoms with Gasteiger partial charge in [0.2, 0.25) is 5.88 Å². The van der Waals surface area contributed by atoms with Gasteiger partial charge in [0, 0.05) is 25.1 Å². The molecule has 0 bridgehead atoms. The number of halogens is 1.